The normalized spacial score (nSPS) is 16.9. The van der Waals surface area contributed by atoms with E-state index in [-0.39, 0.29) is 18.0 Å². The number of rotatable bonds is 6. The van der Waals surface area contributed by atoms with E-state index in [9.17, 15) is 9.90 Å². The van der Waals surface area contributed by atoms with Crippen LogP contribution in [0.5, 0.6) is 0 Å². The number of aryl methyl sites for hydroxylation is 2. The predicted molar refractivity (Wildman–Crippen MR) is 138 cm³/mol. The summed E-state index contributed by atoms with van der Waals surface area (Å²) in [5, 5.41) is 15.2. The van der Waals surface area contributed by atoms with Gasteiger partial charge in [-0.3, -0.25) is 0 Å². The fourth-order valence-electron chi connectivity index (χ4n) is 5.57. The minimum absolute atomic E-state index is 0.0314. The molecule has 2 heterocycles. The van der Waals surface area contributed by atoms with E-state index < -0.39 is 5.97 Å². The number of carboxylic acids is 1. The van der Waals surface area contributed by atoms with Crippen LogP contribution >= 0.6 is 0 Å². The van der Waals surface area contributed by atoms with Crippen molar-refractivity contribution in [3.05, 3.63) is 106 Å². The predicted octanol–water partition coefficient (Wildman–Crippen LogP) is 6.45. The molecule has 5 rings (SSSR count). The fourth-order valence-corrected chi connectivity index (χ4v) is 5.57. The summed E-state index contributed by atoms with van der Waals surface area (Å²) in [6, 6.07) is 25.5. The molecule has 174 valence electrons. The summed E-state index contributed by atoms with van der Waals surface area (Å²) in [4.78, 5) is 13.0. The quantitative estimate of drug-likeness (QED) is 0.353. The lowest BCUT2D eigenvalue weighted by Crippen LogP contribution is -2.32. The minimum Gasteiger partial charge on any atom is -0.477 e. The van der Waals surface area contributed by atoms with Crippen molar-refractivity contribution >= 4 is 16.9 Å². The Labute approximate surface area is 201 Å². The van der Waals surface area contributed by atoms with Gasteiger partial charge < -0.3 is 15.0 Å². The molecule has 4 heteroatoms. The van der Waals surface area contributed by atoms with Gasteiger partial charge in [0.1, 0.15) is 5.69 Å². The number of nitrogens with one attached hydrogen (secondary N) is 1. The summed E-state index contributed by atoms with van der Waals surface area (Å²) in [7, 11) is 0. The zero-order valence-electron chi connectivity index (χ0n) is 20.1. The molecule has 1 aliphatic heterocycles. The highest BCUT2D eigenvalue weighted by Crippen LogP contribution is 2.42. The molecule has 3 aromatic carbocycles. The Morgan fingerprint density at radius 3 is 2.06 bits per heavy atom. The highest BCUT2D eigenvalue weighted by Gasteiger charge is 2.34. The zero-order chi connectivity index (χ0) is 23.8. The molecule has 4 aromatic rings. The van der Waals surface area contributed by atoms with Crippen molar-refractivity contribution in [2.45, 2.75) is 51.6 Å². The number of nitrogens with zero attached hydrogens (tertiary/aromatic N) is 1. The van der Waals surface area contributed by atoms with E-state index in [1.807, 2.05) is 12.1 Å². The number of fused-ring (bicyclic) bond motifs is 1. The highest BCUT2D eigenvalue weighted by molar-refractivity contribution is 5.99. The van der Waals surface area contributed by atoms with Gasteiger partial charge in [0.05, 0.1) is 0 Å². The maximum absolute atomic E-state index is 13.0. The molecule has 0 radical (unpaired) electrons. The molecule has 2 N–H and O–H groups in total. The van der Waals surface area contributed by atoms with Crippen LogP contribution in [0.3, 0.4) is 0 Å². The first-order chi connectivity index (χ1) is 16.5. The fraction of sp³-hybridized carbons (Fsp3) is 0.300. The van der Waals surface area contributed by atoms with Crippen LogP contribution in [0.25, 0.3) is 10.9 Å². The maximum Gasteiger partial charge on any atom is 0.352 e. The topological polar surface area (TPSA) is 54.3 Å². The van der Waals surface area contributed by atoms with Crippen LogP contribution < -0.4 is 5.32 Å². The van der Waals surface area contributed by atoms with Gasteiger partial charge in [-0.2, -0.15) is 0 Å². The van der Waals surface area contributed by atoms with E-state index in [0.717, 1.165) is 47.0 Å². The second kappa shape index (κ2) is 9.11. The molecule has 1 fully saturated rings. The van der Waals surface area contributed by atoms with Crippen LogP contribution in [-0.2, 0) is 0 Å². The van der Waals surface area contributed by atoms with Crippen LogP contribution in [0.15, 0.2) is 72.8 Å². The molecule has 0 amide bonds. The Kier molecular flexibility index (Phi) is 6.01. The molecule has 0 aliphatic carbocycles. The van der Waals surface area contributed by atoms with Crippen LogP contribution in [0.2, 0.25) is 0 Å². The summed E-state index contributed by atoms with van der Waals surface area (Å²) in [6.45, 7) is 7.29. The first-order valence-corrected chi connectivity index (χ1v) is 12.2. The van der Waals surface area contributed by atoms with Crippen molar-refractivity contribution < 1.29 is 9.90 Å². The van der Waals surface area contributed by atoms with Crippen LogP contribution in [0.1, 0.15) is 70.0 Å². The molecule has 1 aliphatic rings. The third-order valence-electron chi connectivity index (χ3n) is 7.35. The van der Waals surface area contributed by atoms with Gasteiger partial charge >= 0.3 is 5.97 Å². The second-order valence-electron chi connectivity index (χ2n) is 9.65. The first kappa shape index (κ1) is 22.4. The maximum atomic E-state index is 13.0. The molecule has 4 nitrogen and oxygen atoms in total. The molecule has 34 heavy (non-hydrogen) atoms. The van der Waals surface area contributed by atoms with E-state index in [0.29, 0.717) is 5.69 Å². The van der Waals surface area contributed by atoms with Crippen LogP contribution in [0.4, 0.5) is 0 Å². The number of aromatic nitrogens is 1. The number of aromatic carboxylic acids is 1. The van der Waals surface area contributed by atoms with Gasteiger partial charge in [0.15, 0.2) is 0 Å². The van der Waals surface area contributed by atoms with Crippen LogP contribution in [0, 0.1) is 13.8 Å². The summed E-state index contributed by atoms with van der Waals surface area (Å²) >= 11 is 0. The lowest BCUT2D eigenvalue weighted by atomic mass is 9.83. The van der Waals surface area contributed by atoms with E-state index in [1.54, 1.807) is 0 Å². The van der Waals surface area contributed by atoms with Crippen molar-refractivity contribution in [2.75, 3.05) is 6.54 Å². The molecule has 0 bridgehead atoms. The third-order valence-corrected chi connectivity index (χ3v) is 7.35. The van der Waals surface area contributed by atoms with E-state index in [4.69, 9.17) is 0 Å². The smallest absolute Gasteiger partial charge is 0.352 e. The molecule has 2 atom stereocenters. The molecule has 0 spiro atoms. The second-order valence-corrected chi connectivity index (χ2v) is 9.65. The van der Waals surface area contributed by atoms with Gasteiger partial charge in [0.25, 0.3) is 0 Å². The van der Waals surface area contributed by atoms with Gasteiger partial charge in [0.2, 0.25) is 0 Å². The Morgan fingerprint density at radius 1 is 0.941 bits per heavy atom. The Balaban J connectivity index is 1.82. The number of hydrogen-bond acceptors (Lipinski definition) is 2. The highest BCUT2D eigenvalue weighted by atomic mass is 16.4. The van der Waals surface area contributed by atoms with Crippen molar-refractivity contribution in [2.24, 2.45) is 0 Å². The largest absolute Gasteiger partial charge is 0.477 e. The SMILES string of the molecule is Cc1ccc(C(c2ccc(C)cc2)c2c(C(=O)O)n(C(C)C3CCCN3)c3ccccc23)cc1. The van der Waals surface area contributed by atoms with Gasteiger partial charge in [-0.05, 0) is 57.4 Å². The number of para-hydroxylation sites is 1. The first-order valence-electron chi connectivity index (χ1n) is 12.2. The number of carbonyl (C=O) groups is 1. The lowest BCUT2D eigenvalue weighted by Gasteiger charge is -2.25. The Hall–Kier alpha value is -3.37. The van der Waals surface area contributed by atoms with Crippen molar-refractivity contribution in [1.82, 2.24) is 9.88 Å². The third kappa shape index (κ3) is 3.92. The van der Waals surface area contributed by atoms with Gasteiger partial charge in [0, 0.05) is 34.5 Å². The van der Waals surface area contributed by atoms with Gasteiger partial charge in [-0.1, -0.05) is 77.9 Å². The number of benzene rings is 3. The lowest BCUT2D eigenvalue weighted by molar-refractivity contribution is 0.0681. The van der Waals surface area contributed by atoms with E-state index >= 15 is 0 Å². The molecule has 1 aromatic heterocycles. The summed E-state index contributed by atoms with van der Waals surface area (Å²) in [6.07, 6.45) is 2.18. The molecule has 2 unspecified atom stereocenters. The zero-order valence-corrected chi connectivity index (χ0v) is 20.1. The summed E-state index contributed by atoms with van der Waals surface area (Å²) < 4.78 is 2.07. The standard InChI is InChI=1S/C30H32N2O2/c1-19-10-14-22(15-11-19)27(23-16-12-20(2)13-17-23)28-24-7-4-5-9-26(24)32(29(28)30(33)34)21(3)25-8-6-18-31-25/h4-5,7,9-17,21,25,27,31H,6,8,18H2,1-3H3,(H,33,34). The van der Waals surface area contributed by atoms with Crippen LogP contribution in [-0.4, -0.2) is 28.2 Å². The number of hydrogen-bond donors (Lipinski definition) is 2. The van der Waals surface area contributed by atoms with Crippen molar-refractivity contribution in [1.29, 1.82) is 0 Å². The van der Waals surface area contributed by atoms with E-state index in [2.05, 4.69) is 91.3 Å². The molecule has 0 saturated carbocycles. The summed E-state index contributed by atoms with van der Waals surface area (Å²) in [5.74, 6) is -1.05. The number of carboxylic acid groups (broad SMARTS) is 1. The van der Waals surface area contributed by atoms with Gasteiger partial charge in [-0.15, -0.1) is 0 Å². The Morgan fingerprint density at radius 2 is 1.53 bits per heavy atom. The molecule has 1 saturated heterocycles. The monoisotopic (exact) mass is 452 g/mol. The van der Waals surface area contributed by atoms with Gasteiger partial charge in [-0.25, -0.2) is 4.79 Å². The molecular weight excluding hydrogens is 420 g/mol. The van der Waals surface area contributed by atoms with E-state index in [1.165, 1.54) is 11.1 Å². The van der Waals surface area contributed by atoms with Crippen molar-refractivity contribution in [3.63, 3.8) is 0 Å². The minimum atomic E-state index is -0.875. The summed E-state index contributed by atoms with van der Waals surface area (Å²) in [5.41, 5.74) is 6.84. The Bertz CT molecular complexity index is 1270. The average molecular weight is 453 g/mol. The average Bonchev–Trinajstić information content (AvgIpc) is 3.48. The molecular formula is C30H32N2O2. The van der Waals surface area contributed by atoms with Crippen molar-refractivity contribution in [3.8, 4) is 0 Å².